The average molecular weight is 444 g/mol. The van der Waals surface area contributed by atoms with Gasteiger partial charge in [-0.2, -0.15) is 4.99 Å². The molecule has 3 fully saturated rings. The quantitative estimate of drug-likeness (QED) is 0.334. The summed E-state index contributed by atoms with van der Waals surface area (Å²) in [5.74, 6) is 1.02. The lowest BCUT2D eigenvalue weighted by Crippen LogP contribution is -2.39. The molecule has 6 heteroatoms. The van der Waals surface area contributed by atoms with Crippen LogP contribution in [0.5, 0.6) is 0 Å². The van der Waals surface area contributed by atoms with E-state index in [4.69, 9.17) is 4.74 Å². The molecule has 0 radical (unpaired) electrons. The molecule has 3 rings (SSSR count). The van der Waals surface area contributed by atoms with E-state index in [1.165, 1.54) is 44.9 Å². The van der Waals surface area contributed by atoms with E-state index in [0.717, 1.165) is 18.0 Å². The van der Waals surface area contributed by atoms with Crippen LogP contribution in [0.1, 0.15) is 65.7 Å². The van der Waals surface area contributed by atoms with Crippen molar-refractivity contribution in [1.82, 2.24) is 10.6 Å². The van der Waals surface area contributed by atoms with Crippen LogP contribution >= 0.6 is 15.9 Å². The number of nitrogens with one attached hydrogen (secondary N) is 2. The van der Waals surface area contributed by atoms with E-state index in [-0.39, 0.29) is 5.92 Å². The smallest absolute Gasteiger partial charge is 0.289 e. The fraction of sp³-hybridized carbons (Fsp3) is 0.857. The molecule has 0 aromatic rings. The molecule has 1 saturated carbocycles. The Bertz CT molecular complexity index is 574. The van der Waals surface area contributed by atoms with E-state index in [2.05, 4.69) is 31.6 Å². The summed E-state index contributed by atoms with van der Waals surface area (Å²) in [4.78, 5) is 4.43. The van der Waals surface area contributed by atoms with E-state index in [9.17, 15) is 4.39 Å². The van der Waals surface area contributed by atoms with E-state index in [1.807, 2.05) is 20.8 Å². The number of piperidine rings is 1. The maximum Gasteiger partial charge on any atom is 0.289 e. The minimum absolute atomic E-state index is 0.200. The maximum absolute atomic E-state index is 13.5. The second-order valence-electron chi connectivity index (χ2n) is 9.36. The third kappa shape index (κ3) is 5.06. The molecule has 0 aromatic carbocycles. The van der Waals surface area contributed by atoms with E-state index in [1.54, 1.807) is 7.05 Å². The maximum atomic E-state index is 13.5. The average Bonchev–Trinajstić information content (AvgIpc) is 3.30. The minimum Gasteiger partial charge on any atom is -0.464 e. The minimum atomic E-state index is -0.529. The van der Waals surface area contributed by atoms with Gasteiger partial charge in [0.05, 0.1) is 16.6 Å². The van der Waals surface area contributed by atoms with Crippen molar-refractivity contribution in [2.75, 3.05) is 13.7 Å². The lowest BCUT2D eigenvalue weighted by atomic mass is 9.83. The zero-order valence-corrected chi connectivity index (χ0v) is 18.7. The first-order chi connectivity index (χ1) is 12.8. The molecule has 3 aliphatic rings. The van der Waals surface area contributed by atoms with Crippen molar-refractivity contribution < 1.29 is 9.13 Å². The summed E-state index contributed by atoms with van der Waals surface area (Å²) in [6, 6.07) is 1.89. The molecule has 2 saturated heterocycles. The summed E-state index contributed by atoms with van der Waals surface area (Å²) in [7, 11) is 1.78. The van der Waals surface area contributed by atoms with Crippen molar-refractivity contribution in [1.29, 1.82) is 0 Å². The molecule has 4 nitrogen and oxygen atoms in total. The Labute approximate surface area is 171 Å². The number of fused-ring (bicyclic) bond motifs is 2. The van der Waals surface area contributed by atoms with Gasteiger partial charge in [0.25, 0.3) is 6.02 Å². The summed E-state index contributed by atoms with van der Waals surface area (Å²) < 4.78 is 19.0. The number of rotatable bonds is 7. The molecule has 0 aromatic heterocycles. The summed E-state index contributed by atoms with van der Waals surface area (Å²) in [6.45, 7) is 6.69. The van der Waals surface area contributed by atoms with Gasteiger partial charge in [-0.1, -0.05) is 29.8 Å². The van der Waals surface area contributed by atoms with Gasteiger partial charge >= 0.3 is 0 Å². The van der Waals surface area contributed by atoms with Crippen LogP contribution in [-0.2, 0) is 4.74 Å². The zero-order chi connectivity index (χ0) is 19.7. The summed E-state index contributed by atoms with van der Waals surface area (Å²) in [5, 5.41) is 6.73. The van der Waals surface area contributed by atoms with E-state index >= 15 is 0 Å². The molecule has 2 heterocycles. The number of nitrogens with zero attached hydrogens (tertiary/aromatic N) is 1. The predicted octanol–water partition coefficient (Wildman–Crippen LogP) is 4.90. The van der Waals surface area contributed by atoms with Crippen LogP contribution in [0, 0.1) is 17.3 Å². The Balaban J connectivity index is 1.57. The zero-order valence-electron chi connectivity index (χ0n) is 17.2. The molecule has 3 unspecified atom stereocenters. The van der Waals surface area contributed by atoms with Gasteiger partial charge in [0, 0.05) is 24.5 Å². The Hall–Kier alpha value is -0.620. The van der Waals surface area contributed by atoms with Crippen LogP contribution < -0.4 is 10.6 Å². The largest absolute Gasteiger partial charge is 0.464 e. The lowest BCUT2D eigenvalue weighted by Gasteiger charge is -2.32. The molecule has 3 atom stereocenters. The van der Waals surface area contributed by atoms with Crippen molar-refractivity contribution in [3.63, 3.8) is 0 Å². The van der Waals surface area contributed by atoms with Crippen LogP contribution in [0.3, 0.4) is 0 Å². The Morgan fingerprint density at radius 1 is 1.37 bits per heavy atom. The van der Waals surface area contributed by atoms with Crippen molar-refractivity contribution in [2.24, 2.45) is 22.2 Å². The van der Waals surface area contributed by atoms with Gasteiger partial charge in [0.1, 0.15) is 6.33 Å². The molecule has 0 amide bonds. The number of halogens is 2. The standard InChI is InChI=1S/C21H35BrFN3O/c1-14(2)20(3,22)18(12-23)26-19(24-4)27-13-21(7-8-21)11-15-9-16-5-6-17(10-15)25-16/h12,14-17,25H,5-11,13H2,1-4H3,(H,24,26)/b18-12-. The Morgan fingerprint density at radius 2 is 2.00 bits per heavy atom. The van der Waals surface area contributed by atoms with E-state index in [0.29, 0.717) is 30.1 Å². The van der Waals surface area contributed by atoms with Crippen LogP contribution in [-0.4, -0.2) is 36.1 Å². The molecule has 2 bridgehead atoms. The van der Waals surface area contributed by atoms with Gasteiger partial charge in [-0.15, -0.1) is 0 Å². The number of amidine groups is 1. The summed E-state index contributed by atoms with van der Waals surface area (Å²) in [5.41, 5.74) is 0.649. The third-order valence-corrected chi connectivity index (χ3v) is 8.21. The SMILES string of the molecule is CN/C(=N\C(=C/F)C(C)(Br)C(C)C)OCC1(CC2CC3CCC(C2)N3)CC1. The Morgan fingerprint density at radius 3 is 2.48 bits per heavy atom. The molecule has 27 heavy (non-hydrogen) atoms. The lowest BCUT2D eigenvalue weighted by molar-refractivity contribution is 0.164. The second-order valence-corrected chi connectivity index (χ2v) is 11.0. The van der Waals surface area contributed by atoms with E-state index < -0.39 is 4.32 Å². The van der Waals surface area contributed by atoms with Gasteiger partial charge < -0.3 is 15.4 Å². The number of hydrogen-bond donors (Lipinski definition) is 2. The van der Waals surface area contributed by atoms with Crippen molar-refractivity contribution in [3.8, 4) is 0 Å². The number of alkyl halides is 1. The molecular weight excluding hydrogens is 409 g/mol. The predicted molar refractivity (Wildman–Crippen MR) is 113 cm³/mol. The first-order valence-electron chi connectivity index (χ1n) is 10.4. The van der Waals surface area contributed by atoms with Crippen LogP contribution in [0.4, 0.5) is 4.39 Å². The second kappa shape index (κ2) is 8.40. The number of allylic oxidation sites excluding steroid dienone is 1. The first kappa shape index (κ1) is 21.1. The highest BCUT2D eigenvalue weighted by atomic mass is 79.9. The van der Waals surface area contributed by atoms with Crippen molar-refractivity contribution >= 4 is 22.0 Å². The van der Waals surface area contributed by atoms with Crippen molar-refractivity contribution in [3.05, 3.63) is 12.0 Å². The monoisotopic (exact) mass is 443 g/mol. The van der Waals surface area contributed by atoms with Gasteiger partial charge in [0.2, 0.25) is 0 Å². The molecule has 2 N–H and O–H groups in total. The third-order valence-electron chi connectivity index (χ3n) is 6.89. The van der Waals surface area contributed by atoms with Gasteiger partial charge in [-0.05, 0) is 63.7 Å². The van der Waals surface area contributed by atoms with Crippen LogP contribution in [0.2, 0.25) is 0 Å². The Kier molecular flexibility index (Phi) is 6.56. The number of hydrogen-bond acceptors (Lipinski definition) is 3. The molecular formula is C21H35BrFN3O. The van der Waals surface area contributed by atoms with Crippen LogP contribution in [0.25, 0.3) is 0 Å². The van der Waals surface area contributed by atoms with Crippen LogP contribution in [0.15, 0.2) is 17.0 Å². The highest BCUT2D eigenvalue weighted by Gasteiger charge is 2.47. The van der Waals surface area contributed by atoms with Gasteiger partial charge in [-0.3, -0.25) is 0 Å². The summed E-state index contributed by atoms with van der Waals surface area (Å²) in [6.07, 6.45) is 9.63. The summed E-state index contributed by atoms with van der Waals surface area (Å²) >= 11 is 3.61. The molecule has 0 spiro atoms. The number of aliphatic imine (C=N–C) groups is 1. The molecule has 154 valence electrons. The number of ether oxygens (including phenoxy) is 1. The molecule has 1 aliphatic carbocycles. The van der Waals surface area contributed by atoms with Gasteiger partial charge in [0.15, 0.2) is 0 Å². The topological polar surface area (TPSA) is 45.7 Å². The molecule has 2 aliphatic heterocycles. The fourth-order valence-corrected chi connectivity index (χ4v) is 4.74. The van der Waals surface area contributed by atoms with Crippen molar-refractivity contribution in [2.45, 2.75) is 82.1 Å². The van der Waals surface area contributed by atoms with Gasteiger partial charge in [-0.25, -0.2) is 4.39 Å². The highest BCUT2D eigenvalue weighted by Crippen LogP contribution is 2.53. The highest BCUT2D eigenvalue weighted by molar-refractivity contribution is 9.10. The first-order valence-corrected chi connectivity index (χ1v) is 11.2. The fourth-order valence-electron chi connectivity index (χ4n) is 4.57. The normalized spacial score (nSPS) is 32.3.